The van der Waals surface area contributed by atoms with E-state index >= 15 is 0 Å². The van der Waals surface area contributed by atoms with E-state index in [1.54, 1.807) is 0 Å². The first-order valence-corrected chi connectivity index (χ1v) is 6.35. The third-order valence-corrected chi connectivity index (χ3v) is 4.32. The third-order valence-electron chi connectivity index (χ3n) is 2.66. The molecule has 0 saturated carbocycles. The summed E-state index contributed by atoms with van der Waals surface area (Å²) in [6, 6.07) is -0.635. The van der Waals surface area contributed by atoms with Gasteiger partial charge in [-0.1, -0.05) is 0 Å². The van der Waals surface area contributed by atoms with Crippen molar-refractivity contribution in [1.82, 2.24) is 10.2 Å². The van der Waals surface area contributed by atoms with E-state index in [9.17, 15) is 14.4 Å². The van der Waals surface area contributed by atoms with Crippen LogP contribution < -0.4 is 5.32 Å². The maximum atomic E-state index is 11.7. The van der Waals surface area contributed by atoms with Crippen LogP contribution in [0.3, 0.4) is 0 Å². The number of nitrogens with one attached hydrogen (secondary N) is 1. The van der Waals surface area contributed by atoms with E-state index in [-0.39, 0.29) is 17.0 Å². The minimum atomic E-state index is -1.16. The zero-order chi connectivity index (χ0) is 12.6. The number of carbonyl (C=O) groups is 3. The molecule has 2 N–H and O–H groups in total. The van der Waals surface area contributed by atoms with E-state index in [0.717, 1.165) is 0 Å². The molecule has 17 heavy (non-hydrogen) atoms. The predicted molar refractivity (Wildman–Crippen MR) is 61.5 cm³/mol. The molecule has 2 amide bonds. The van der Waals surface area contributed by atoms with Crippen molar-refractivity contribution in [3.8, 4) is 0 Å². The van der Waals surface area contributed by atoms with Crippen LogP contribution in [0.4, 0.5) is 0 Å². The molecule has 8 heteroatoms. The summed E-state index contributed by atoms with van der Waals surface area (Å²) in [6.45, 7) is 0. The Morgan fingerprint density at radius 2 is 2.41 bits per heavy atom. The number of halogens is 1. The lowest BCUT2D eigenvalue weighted by Gasteiger charge is -2.48. The highest BCUT2D eigenvalue weighted by Crippen LogP contribution is 2.40. The number of alkyl halides is 1. The van der Waals surface area contributed by atoms with Gasteiger partial charge < -0.3 is 10.4 Å². The van der Waals surface area contributed by atoms with Crippen molar-refractivity contribution in [3.05, 3.63) is 11.3 Å². The van der Waals surface area contributed by atoms with Crippen LogP contribution >= 0.6 is 23.4 Å². The zero-order valence-electron chi connectivity index (χ0n) is 8.55. The van der Waals surface area contributed by atoms with Gasteiger partial charge in [0.25, 0.3) is 5.91 Å². The lowest BCUT2D eigenvalue weighted by Crippen LogP contribution is -2.69. The molecule has 0 bridgehead atoms. The van der Waals surface area contributed by atoms with Gasteiger partial charge in [0.2, 0.25) is 6.41 Å². The molecule has 2 aliphatic rings. The number of fused-ring (bicyclic) bond motifs is 1. The molecule has 1 fully saturated rings. The SMILES string of the molecule is O=CN[C@@H]1C(=O)N2C(C(=O)O)=C(CCl)CS[C@@H]12. The molecular formula is C9H9ClN2O4S. The Morgan fingerprint density at radius 3 is 2.94 bits per heavy atom. The minimum absolute atomic E-state index is 0.0438. The summed E-state index contributed by atoms with van der Waals surface area (Å²) >= 11 is 7.05. The van der Waals surface area contributed by atoms with Crippen molar-refractivity contribution >= 4 is 41.6 Å². The lowest BCUT2D eigenvalue weighted by molar-refractivity contribution is -0.149. The molecule has 2 atom stereocenters. The van der Waals surface area contributed by atoms with Gasteiger partial charge in [-0.2, -0.15) is 0 Å². The Balaban J connectivity index is 2.29. The highest BCUT2D eigenvalue weighted by Gasteiger charge is 2.53. The van der Waals surface area contributed by atoms with Gasteiger partial charge in [0.05, 0.1) is 0 Å². The fourth-order valence-corrected chi connectivity index (χ4v) is 3.57. The summed E-state index contributed by atoms with van der Waals surface area (Å²) in [5, 5.41) is 11.1. The molecule has 0 aromatic heterocycles. The van der Waals surface area contributed by atoms with E-state index in [4.69, 9.17) is 16.7 Å². The smallest absolute Gasteiger partial charge is 0.352 e. The standard InChI is InChI=1S/C9H9ClN2O4S/c10-1-4-2-17-8-5(11-3-13)7(14)12(8)6(4)9(15)16/h3,5,8H,1-2H2,(H,11,13)(H,15,16)/t5-,8+/m1/s1. The second kappa shape index (κ2) is 4.58. The summed E-state index contributed by atoms with van der Waals surface area (Å²) in [5.41, 5.74) is 0.482. The number of hydrogen-bond donors (Lipinski definition) is 2. The highest BCUT2D eigenvalue weighted by atomic mass is 35.5. The van der Waals surface area contributed by atoms with Gasteiger partial charge in [-0.05, 0) is 5.57 Å². The zero-order valence-corrected chi connectivity index (χ0v) is 10.1. The Kier molecular flexibility index (Phi) is 3.30. The summed E-state index contributed by atoms with van der Waals surface area (Å²) < 4.78 is 0. The molecule has 2 aliphatic heterocycles. The number of β-lactam (4-membered cyclic amide) rings is 1. The first kappa shape index (κ1) is 12.3. The quantitative estimate of drug-likeness (QED) is 0.414. The number of rotatable bonds is 4. The molecule has 1 saturated heterocycles. The van der Waals surface area contributed by atoms with E-state index in [1.807, 2.05) is 0 Å². The molecule has 0 aromatic carbocycles. The lowest BCUT2D eigenvalue weighted by atomic mass is 10.0. The topological polar surface area (TPSA) is 86.7 Å². The van der Waals surface area contributed by atoms with Gasteiger partial charge in [-0.15, -0.1) is 23.4 Å². The minimum Gasteiger partial charge on any atom is -0.477 e. The fraction of sp³-hybridized carbons (Fsp3) is 0.444. The van der Waals surface area contributed by atoms with Crippen molar-refractivity contribution in [1.29, 1.82) is 0 Å². The van der Waals surface area contributed by atoms with Gasteiger partial charge in [0, 0.05) is 11.6 Å². The van der Waals surface area contributed by atoms with E-state index < -0.39 is 17.9 Å². The van der Waals surface area contributed by atoms with Crippen LogP contribution in [0.1, 0.15) is 0 Å². The average Bonchev–Trinajstić information content (AvgIpc) is 2.33. The van der Waals surface area contributed by atoms with Gasteiger partial charge in [-0.3, -0.25) is 14.5 Å². The van der Waals surface area contributed by atoms with Crippen molar-refractivity contribution in [2.75, 3.05) is 11.6 Å². The molecule has 0 spiro atoms. The van der Waals surface area contributed by atoms with Crippen LogP contribution in [0, 0.1) is 0 Å². The number of aliphatic carboxylic acids is 1. The molecule has 0 aromatic rings. The Labute approximate surface area is 106 Å². The van der Waals surface area contributed by atoms with Crippen LogP contribution in [0.25, 0.3) is 0 Å². The average molecular weight is 277 g/mol. The van der Waals surface area contributed by atoms with Crippen LogP contribution in [0.2, 0.25) is 0 Å². The monoisotopic (exact) mass is 276 g/mol. The Morgan fingerprint density at radius 1 is 1.71 bits per heavy atom. The molecule has 0 unspecified atom stereocenters. The van der Waals surface area contributed by atoms with E-state index in [2.05, 4.69) is 5.32 Å². The van der Waals surface area contributed by atoms with Crippen molar-refractivity contribution < 1.29 is 19.5 Å². The second-order valence-corrected chi connectivity index (χ2v) is 4.94. The Hall–Kier alpha value is -1.21. The van der Waals surface area contributed by atoms with Gasteiger partial charge in [-0.25, -0.2) is 4.79 Å². The number of carboxylic acid groups (broad SMARTS) is 1. The molecule has 2 heterocycles. The summed E-state index contributed by atoms with van der Waals surface area (Å²) in [6.07, 6.45) is 0.446. The summed E-state index contributed by atoms with van der Waals surface area (Å²) in [4.78, 5) is 34.3. The predicted octanol–water partition coefficient (Wildman–Crippen LogP) is -0.406. The highest BCUT2D eigenvalue weighted by molar-refractivity contribution is 8.00. The van der Waals surface area contributed by atoms with Gasteiger partial charge >= 0.3 is 5.97 Å². The fourth-order valence-electron chi connectivity index (χ4n) is 1.88. The number of hydrogen-bond acceptors (Lipinski definition) is 4. The normalized spacial score (nSPS) is 27.4. The number of carboxylic acids is 1. The van der Waals surface area contributed by atoms with E-state index in [1.165, 1.54) is 16.7 Å². The number of carbonyl (C=O) groups excluding carboxylic acids is 2. The van der Waals surface area contributed by atoms with Crippen LogP contribution in [-0.2, 0) is 14.4 Å². The molecule has 6 nitrogen and oxygen atoms in total. The van der Waals surface area contributed by atoms with Crippen molar-refractivity contribution in [2.24, 2.45) is 0 Å². The van der Waals surface area contributed by atoms with Gasteiger partial charge in [0.15, 0.2) is 0 Å². The molecule has 2 rings (SSSR count). The maximum Gasteiger partial charge on any atom is 0.352 e. The van der Waals surface area contributed by atoms with Crippen LogP contribution in [0.15, 0.2) is 11.3 Å². The number of thioether (sulfide) groups is 1. The number of nitrogens with zero attached hydrogens (tertiary/aromatic N) is 1. The largest absolute Gasteiger partial charge is 0.477 e. The molecule has 0 radical (unpaired) electrons. The second-order valence-electron chi connectivity index (χ2n) is 3.56. The third kappa shape index (κ3) is 1.79. The molecule has 92 valence electrons. The van der Waals surface area contributed by atoms with Crippen LogP contribution in [-0.4, -0.2) is 51.3 Å². The first-order chi connectivity index (χ1) is 8.11. The van der Waals surface area contributed by atoms with Crippen molar-refractivity contribution in [2.45, 2.75) is 11.4 Å². The first-order valence-electron chi connectivity index (χ1n) is 4.77. The molecule has 0 aliphatic carbocycles. The Bertz CT molecular complexity index is 425. The van der Waals surface area contributed by atoms with E-state index in [0.29, 0.717) is 17.7 Å². The van der Waals surface area contributed by atoms with Crippen molar-refractivity contribution in [3.63, 3.8) is 0 Å². The summed E-state index contributed by atoms with van der Waals surface area (Å²) in [5.74, 6) is -1.04. The van der Waals surface area contributed by atoms with Gasteiger partial charge in [0.1, 0.15) is 17.1 Å². The van der Waals surface area contributed by atoms with Crippen LogP contribution in [0.5, 0.6) is 0 Å². The summed E-state index contributed by atoms with van der Waals surface area (Å²) in [7, 11) is 0. The maximum absolute atomic E-state index is 11.7. The number of amides is 2. The molecular weight excluding hydrogens is 268 g/mol.